The zero-order valence-electron chi connectivity index (χ0n) is 15.8. The number of likely N-dealkylation sites (N-methyl/N-ethyl adjacent to an activating group) is 1. The van der Waals surface area contributed by atoms with Crippen LogP contribution < -0.4 is 15.5 Å². The van der Waals surface area contributed by atoms with Crippen molar-refractivity contribution in [2.75, 3.05) is 25.0 Å². The van der Waals surface area contributed by atoms with E-state index in [0.29, 0.717) is 0 Å². The SMILES string of the molecule is CN1C(=CC(C)(C)C)C(C)(C)c2cc(CNC3=NCCN3)ccc21. The van der Waals surface area contributed by atoms with E-state index in [4.69, 9.17) is 0 Å². The predicted molar refractivity (Wildman–Crippen MR) is 103 cm³/mol. The van der Waals surface area contributed by atoms with E-state index in [1.165, 1.54) is 22.5 Å². The van der Waals surface area contributed by atoms with Crippen molar-refractivity contribution in [2.45, 2.75) is 46.6 Å². The molecule has 0 aliphatic carbocycles. The van der Waals surface area contributed by atoms with Crippen LogP contribution in [0.4, 0.5) is 5.69 Å². The lowest BCUT2D eigenvalue weighted by Crippen LogP contribution is -2.33. The number of anilines is 1. The van der Waals surface area contributed by atoms with E-state index >= 15 is 0 Å². The first-order valence-corrected chi connectivity index (χ1v) is 8.81. The molecule has 0 unspecified atom stereocenters. The normalized spacial score (nSPS) is 20.8. The predicted octanol–water partition coefficient (Wildman–Crippen LogP) is 3.39. The highest BCUT2D eigenvalue weighted by molar-refractivity contribution is 5.81. The van der Waals surface area contributed by atoms with Crippen molar-refractivity contribution in [3.05, 3.63) is 41.1 Å². The van der Waals surface area contributed by atoms with Gasteiger partial charge in [-0.1, -0.05) is 52.8 Å². The van der Waals surface area contributed by atoms with Gasteiger partial charge in [0.05, 0.1) is 6.54 Å². The summed E-state index contributed by atoms with van der Waals surface area (Å²) in [7, 11) is 2.18. The number of nitrogens with one attached hydrogen (secondary N) is 2. The molecular weight excluding hydrogens is 296 g/mol. The first-order valence-electron chi connectivity index (χ1n) is 8.81. The van der Waals surface area contributed by atoms with Gasteiger partial charge in [0.15, 0.2) is 5.96 Å². The van der Waals surface area contributed by atoms with E-state index in [1.807, 2.05) is 0 Å². The fraction of sp³-hybridized carbons (Fsp3) is 0.550. The lowest BCUT2D eigenvalue weighted by Gasteiger charge is -2.27. The number of fused-ring (bicyclic) bond motifs is 1. The highest BCUT2D eigenvalue weighted by Crippen LogP contribution is 2.48. The zero-order valence-corrected chi connectivity index (χ0v) is 15.8. The van der Waals surface area contributed by atoms with Crippen LogP contribution in [0.3, 0.4) is 0 Å². The summed E-state index contributed by atoms with van der Waals surface area (Å²) in [6.45, 7) is 14.0. The molecule has 2 aliphatic heterocycles. The first-order chi connectivity index (χ1) is 11.2. The Labute approximate surface area is 146 Å². The summed E-state index contributed by atoms with van der Waals surface area (Å²) in [6.07, 6.45) is 2.40. The van der Waals surface area contributed by atoms with Gasteiger partial charge in [-0.2, -0.15) is 0 Å². The van der Waals surface area contributed by atoms with Crippen molar-refractivity contribution >= 4 is 11.6 Å². The highest BCUT2D eigenvalue weighted by atomic mass is 15.2. The smallest absolute Gasteiger partial charge is 0.191 e. The van der Waals surface area contributed by atoms with Crippen LogP contribution in [-0.2, 0) is 12.0 Å². The average molecular weight is 326 g/mol. The third-order valence-corrected chi connectivity index (χ3v) is 4.80. The van der Waals surface area contributed by atoms with E-state index in [1.54, 1.807) is 0 Å². The van der Waals surface area contributed by atoms with Gasteiger partial charge in [-0.3, -0.25) is 4.99 Å². The second-order valence-electron chi connectivity index (χ2n) is 8.44. The van der Waals surface area contributed by atoms with Crippen LogP contribution in [0.1, 0.15) is 45.7 Å². The second kappa shape index (κ2) is 5.83. The average Bonchev–Trinajstić information content (AvgIpc) is 3.07. The molecule has 0 atom stereocenters. The number of guanidine groups is 1. The van der Waals surface area contributed by atoms with Crippen LogP contribution in [-0.4, -0.2) is 26.1 Å². The molecule has 0 aromatic heterocycles. The van der Waals surface area contributed by atoms with Crippen molar-refractivity contribution in [3.63, 3.8) is 0 Å². The molecule has 2 heterocycles. The largest absolute Gasteiger partial charge is 0.355 e. The molecular formula is C20H30N4. The summed E-state index contributed by atoms with van der Waals surface area (Å²) in [5, 5.41) is 6.64. The molecule has 4 heteroatoms. The van der Waals surface area contributed by atoms with Crippen LogP contribution in [0, 0.1) is 5.41 Å². The Morgan fingerprint density at radius 1 is 1.33 bits per heavy atom. The van der Waals surface area contributed by atoms with Crippen molar-refractivity contribution in [3.8, 4) is 0 Å². The van der Waals surface area contributed by atoms with E-state index < -0.39 is 0 Å². The summed E-state index contributed by atoms with van der Waals surface area (Å²) in [5.41, 5.74) is 5.59. The fourth-order valence-corrected chi connectivity index (χ4v) is 3.56. The quantitative estimate of drug-likeness (QED) is 0.875. The minimum atomic E-state index is 0.0243. The molecule has 24 heavy (non-hydrogen) atoms. The van der Waals surface area contributed by atoms with Gasteiger partial charge in [-0.25, -0.2) is 0 Å². The standard InChI is InChI=1S/C20H30N4/c1-19(2,3)12-17-20(4,5)15-11-14(7-8-16(15)24(17)6)13-23-18-21-9-10-22-18/h7-8,11-12H,9-10,13H2,1-6H3,(H2,21,22,23). The lowest BCUT2D eigenvalue weighted by molar-refractivity contribution is 0.520. The molecule has 130 valence electrons. The molecule has 0 bridgehead atoms. The van der Waals surface area contributed by atoms with Gasteiger partial charge in [0, 0.05) is 36.9 Å². The Kier molecular flexibility index (Phi) is 4.10. The van der Waals surface area contributed by atoms with Crippen molar-refractivity contribution in [2.24, 2.45) is 10.4 Å². The topological polar surface area (TPSA) is 39.7 Å². The summed E-state index contributed by atoms with van der Waals surface area (Å²) >= 11 is 0. The van der Waals surface area contributed by atoms with E-state index in [2.05, 4.69) is 86.5 Å². The van der Waals surface area contributed by atoms with E-state index in [9.17, 15) is 0 Å². The number of benzene rings is 1. The molecule has 4 nitrogen and oxygen atoms in total. The van der Waals surface area contributed by atoms with Crippen LogP contribution in [0.25, 0.3) is 0 Å². The molecule has 0 fully saturated rings. The molecule has 0 spiro atoms. The third kappa shape index (κ3) is 3.14. The van der Waals surface area contributed by atoms with Crippen LogP contribution in [0.2, 0.25) is 0 Å². The monoisotopic (exact) mass is 326 g/mol. The van der Waals surface area contributed by atoms with Gasteiger partial charge >= 0.3 is 0 Å². The van der Waals surface area contributed by atoms with Crippen molar-refractivity contribution in [1.29, 1.82) is 0 Å². The number of nitrogens with zero attached hydrogens (tertiary/aromatic N) is 2. The van der Waals surface area contributed by atoms with Crippen molar-refractivity contribution in [1.82, 2.24) is 10.6 Å². The van der Waals surface area contributed by atoms with E-state index in [0.717, 1.165) is 25.6 Å². The van der Waals surface area contributed by atoms with Gasteiger partial charge in [-0.15, -0.1) is 0 Å². The molecule has 0 saturated carbocycles. The molecule has 1 aromatic carbocycles. The minimum absolute atomic E-state index is 0.0243. The molecule has 0 amide bonds. The Bertz CT molecular complexity index is 692. The number of rotatable bonds is 2. The maximum Gasteiger partial charge on any atom is 0.191 e. The number of hydrogen-bond donors (Lipinski definition) is 2. The van der Waals surface area contributed by atoms with Crippen molar-refractivity contribution < 1.29 is 0 Å². The Morgan fingerprint density at radius 3 is 2.71 bits per heavy atom. The summed E-state index contributed by atoms with van der Waals surface area (Å²) < 4.78 is 0. The molecule has 0 saturated heterocycles. The van der Waals surface area contributed by atoms with Crippen LogP contribution in [0.15, 0.2) is 35.0 Å². The van der Waals surface area contributed by atoms with Crippen LogP contribution in [0.5, 0.6) is 0 Å². The van der Waals surface area contributed by atoms with Gasteiger partial charge in [-0.05, 0) is 22.6 Å². The zero-order chi connectivity index (χ0) is 17.5. The summed E-state index contributed by atoms with van der Waals surface area (Å²) in [5.74, 6) is 0.917. The second-order valence-corrected chi connectivity index (χ2v) is 8.44. The molecule has 3 rings (SSSR count). The molecule has 1 aromatic rings. The summed E-state index contributed by atoms with van der Waals surface area (Å²) in [4.78, 5) is 6.74. The highest BCUT2D eigenvalue weighted by Gasteiger charge is 2.39. The van der Waals surface area contributed by atoms with Gasteiger partial charge in [0.1, 0.15) is 0 Å². The van der Waals surface area contributed by atoms with Gasteiger partial charge in [0.25, 0.3) is 0 Å². The number of allylic oxidation sites excluding steroid dienone is 2. The van der Waals surface area contributed by atoms with Crippen LogP contribution >= 0.6 is 0 Å². The fourth-order valence-electron chi connectivity index (χ4n) is 3.56. The number of aliphatic imine (C=N–C) groups is 1. The molecule has 2 aliphatic rings. The third-order valence-electron chi connectivity index (χ3n) is 4.80. The minimum Gasteiger partial charge on any atom is -0.355 e. The summed E-state index contributed by atoms with van der Waals surface area (Å²) in [6, 6.07) is 6.81. The Morgan fingerprint density at radius 2 is 2.08 bits per heavy atom. The maximum absolute atomic E-state index is 4.39. The van der Waals surface area contributed by atoms with Gasteiger partial charge < -0.3 is 15.5 Å². The Hall–Kier alpha value is -1.97. The molecule has 0 radical (unpaired) electrons. The lowest BCUT2D eigenvalue weighted by atomic mass is 9.80. The number of hydrogen-bond acceptors (Lipinski definition) is 4. The van der Waals surface area contributed by atoms with E-state index in [-0.39, 0.29) is 10.8 Å². The Balaban J connectivity index is 1.88. The first kappa shape index (κ1) is 16.9. The van der Waals surface area contributed by atoms with Gasteiger partial charge in [0.2, 0.25) is 0 Å². The maximum atomic E-state index is 4.39. The molecule has 2 N–H and O–H groups in total.